The van der Waals surface area contributed by atoms with Gasteiger partial charge >= 0.3 is 0 Å². The summed E-state index contributed by atoms with van der Waals surface area (Å²) in [6, 6.07) is -0.820. The van der Waals surface area contributed by atoms with Gasteiger partial charge in [-0.05, 0) is 12.8 Å². The van der Waals surface area contributed by atoms with Gasteiger partial charge in [0.2, 0.25) is 5.91 Å². The summed E-state index contributed by atoms with van der Waals surface area (Å²) in [6.45, 7) is 2.83. The molecule has 1 amide bonds. The molecule has 0 radical (unpaired) electrons. The number of rotatable bonds is 42. The second kappa shape index (κ2) is 38.8. The zero-order valence-corrected chi connectivity index (χ0v) is 41.0. The molecule has 0 aromatic carbocycles. The van der Waals surface area contributed by atoms with Crippen molar-refractivity contribution in [3.8, 4) is 0 Å². The van der Waals surface area contributed by atoms with E-state index in [2.05, 4.69) is 19.2 Å². The van der Waals surface area contributed by atoms with Crippen molar-refractivity contribution in [3.63, 3.8) is 0 Å². The van der Waals surface area contributed by atoms with Crippen molar-refractivity contribution in [2.75, 3.05) is 19.8 Å². The lowest BCUT2D eigenvalue weighted by atomic mass is 9.97. The van der Waals surface area contributed by atoms with Crippen LogP contribution in [0.25, 0.3) is 0 Å². The highest BCUT2D eigenvalue weighted by molar-refractivity contribution is 5.76. The van der Waals surface area contributed by atoms with Gasteiger partial charge in [0.1, 0.15) is 48.8 Å². The summed E-state index contributed by atoms with van der Waals surface area (Å²) in [5.41, 5.74) is 0. The fourth-order valence-electron chi connectivity index (χ4n) is 9.18. The molecule has 0 aromatic rings. The van der Waals surface area contributed by atoms with Crippen LogP contribution in [0, 0.1) is 0 Å². The van der Waals surface area contributed by atoms with E-state index < -0.39 is 86.8 Å². The van der Waals surface area contributed by atoms with Crippen molar-refractivity contribution < 1.29 is 64.6 Å². The van der Waals surface area contributed by atoms with Crippen molar-refractivity contribution in [3.05, 3.63) is 0 Å². The van der Waals surface area contributed by atoms with E-state index in [0.29, 0.717) is 12.8 Å². The maximum atomic E-state index is 13.1. The minimum absolute atomic E-state index is 0.209. The van der Waals surface area contributed by atoms with Crippen LogP contribution in [-0.4, -0.2) is 140 Å². The van der Waals surface area contributed by atoms with E-state index in [9.17, 15) is 45.6 Å². The smallest absolute Gasteiger partial charge is 0.220 e. The summed E-state index contributed by atoms with van der Waals surface area (Å²) in [4.78, 5) is 13.1. The summed E-state index contributed by atoms with van der Waals surface area (Å²) in [5.74, 6) is -0.209. The minimum Gasteiger partial charge on any atom is -0.394 e. The lowest BCUT2D eigenvalue weighted by Crippen LogP contribution is -2.65. The third-order valence-corrected chi connectivity index (χ3v) is 13.6. The number of carbonyl (C=O) groups excluding carboxylic acids is 1. The molecule has 2 aliphatic rings. The van der Waals surface area contributed by atoms with Crippen molar-refractivity contribution in [1.29, 1.82) is 0 Å². The summed E-state index contributed by atoms with van der Waals surface area (Å²) in [7, 11) is 0. The largest absolute Gasteiger partial charge is 0.394 e. The van der Waals surface area contributed by atoms with Gasteiger partial charge in [0.05, 0.1) is 32.0 Å². The summed E-state index contributed by atoms with van der Waals surface area (Å²) >= 11 is 0. The molecule has 0 aliphatic carbocycles. The predicted octanol–water partition coefficient (Wildman–Crippen LogP) is 7.39. The minimum atomic E-state index is -1.78. The number of hydrogen-bond donors (Lipinski definition) is 9. The molecule has 0 saturated carbocycles. The quantitative estimate of drug-likeness (QED) is 0.0273. The summed E-state index contributed by atoms with van der Waals surface area (Å²) in [5, 5.41) is 86.8. The Bertz CT molecular complexity index is 1100. The average molecular weight is 934 g/mol. The van der Waals surface area contributed by atoms with E-state index in [0.717, 1.165) is 51.4 Å². The highest BCUT2D eigenvalue weighted by Gasteiger charge is 2.51. The molecule has 2 saturated heterocycles. The SMILES string of the molecule is CCCCCCCCCCCCCCCCCCCCCCCCCC(O)C(COC1OC(CO)C(OC2OC(CO)C(O)C(O)C2O)C(O)C1O)NC(=O)CCCCCCCCCC. The van der Waals surface area contributed by atoms with Crippen LogP contribution in [0.15, 0.2) is 0 Å². The molecule has 0 bridgehead atoms. The highest BCUT2D eigenvalue weighted by atomic mass is 16.7. The molecule has 0 aromatic heterocycles. The van der Waals surface area contributed by atoms with E-state index in [1.807, 2.05) is 0 Å². The average Bonchev–Trinajstić information content (AvgIpc) is 3.30. The van der Waals surface area contributed by atoms with Gasteiger partial charge in [-0.3, -0.25) is 4.79 Å². The molecule has 14 heteroatoms. The molecule has 65 heavy (non-hydrogen) atoms. The summed E-state index contributed by atoms with van der Waals surface area (Å²) in [6.07, 6.45) is 22.8. The fraction of sp³-hybridized carbons (Fsp3) is 0.980. The molecule has 12 atom stereocenters. The van der Waals surface area contributed by atoms with E-state index >= 15 is 0 Å². The molecule has 12 unspecified atom stereocenters. The number of carbonyl (C=O) groups is 1. The monoisotopic (exact) mass is 934 g/mol. The van der Waals surface area contributed by atoms with Crippen LogP contribution in [0.2, 0.25) is 0 Å². The Morgan fingerprint density at radius 3 is 1.31 bits per heavy atom. The maximum absolute atomic E-state index is 13.1. The number of amides is 1. The number of unbranched alkanes of at least 4 members (excludes halogenated alkanes) is 29. The van der Waals surface area contributed by atoms with Crippen molar-refractivity contribution >= 4 is 5.91 Å². The number of aliphatic hydroxyl groups excluding tert-OH is 8. The van der Waals surface area contributed by atoms with Gasteiger partial charge < -0.3 is 65.1 Å². The molecule has 2 rings (SSSR count). The number of nitrogens with one attached hydrogen (secondary N) is 1. The molecule has 14 nitrogen and oxygen atoms in total. The van der Waals surface area contributed by atoms with E-state index in [4.69, 9.17) is 18.9 Å². The topological polar surface area (TPSA) is 228 Å². The van der Waals surface area contributed by atoms with Gasteiger partial charge in [0.15, 0.2) is 12.6 Å². The number of ether oxygens (including phenoxy) is 4. The molecule has 2 fully saturated rings. The molecule has 2 aliphatic heterocycles. The van der Waals surface area contributed by atoms with Gasteiger partial charge in [-0.25, -0.2) is 0 Å². The first-order chi connectivity index (χ1) is 31.6. The van der Waals surface area contributed by atoms with Gasteiger partial charge in [-0.15, -0.1) is 0 Å². The molecular weight excluding hydrogens is 835 g/mol. The normalized spacial score (nSPS) is 26.9. The molecular formula is C51H99NO13. The number of aliphatic hydroxyl groups is 8. The zero-order chi connectivity index (χ0) is 47.5. The van der Waals surface area contributed by atoms with Crippen LogP contribution >= 0.6 is 0 Å². The van der Waals surface area contributed by atoms with Crippen LogP contribution in [0.3, 0.4) is 0 Å². The van der Waals surface area contributed by atoms with Gasteiger partial charge in [-0.1, -0.05) is 206 Å². The first kappa shape index (κ1) is 60.1. The lowest BCUT2D eigenvalue weighted by molar-refractivity contribution is -0.359. The zero-order valence-electron chi connectivity index (χ0n) is 41.0. The third-order valence-electron chi connectivity index (χ3n) is 13.6. The van der Waals surface area contributed by atoms with Crippen LogP contribution < -0.4 is 5.32 Å². The Hall–Kier alpha value is -1.01. The Balaban J connectivity index is 1.72. The fourth-order valence-corrected chi connectivity index (χ4v) is 9.18. The maximum Gasteiger partial charge on any atom is 0.220 e. The molecule has 2 heterocycles. The van der Waals surface area contributed by atoms with Gasteiger partial charge in [-0.2, -0.15) is 0 Å². The van der Waals surface area contributed by atoms with Crippen molar-refractivity contribution in [1.82, 2.24) is 5.32 Å². The first-order valence-corrected chi connectivity index (χ1v) is 26.8. The lowest BCUT2D eigenvalue weighted by Gasteiger charge is -2.46. The second-order valence-electron chi connectivity index (χ2n) is 19.4. The molecule has 0 spiro atoms. The molecule has 9 N–H and O–H groups in total. The van der Waals surface area contributed by atoms with Gasteiger partial charge in [0, 0.05) is 6.42 Å². The summed E-state index contributed by atoms with van der Waals surface area (Å²) < 4.78 is 22.7. The van der Waals surface area contributed by atoms with Crippen LogP contribution in [0.4, 0.5) is 0 Å². The van der Waals surface area contributed by atoms with Crippen LogP contribution in [0.5, 0.6) is 0 Å². The van der Waals surface area contributed by atoms with Crippen molar-refractivity contribution in [2.45, 2.75) is 299 Å². The highest BCUT2D eigenvalue weighted by Crippen LogP contribution is 2.30. The predicted molar refractivity (Wildman–Crippen MR) is 254 cm³/mol. The Morgan fingerprint density at radius 2 is 0.877 bits per heavy atom. The van der Waals surface area contributed by atoms with E-state index in [-0.39, 0.29) is 12.5 Å². The van der Waals surface area contributed by atoms with Crippen LogP contribution in [-0.2, 0) is 23.7 Å². The Labute approximate surface area is 393 Å². The molecule has 386 valence electrons. The second-order valence-corrected chi connectivity index (χ2v) is 19.4. The first-order valence-electron chi connectivity index (χ1n) is 26.8. The third kappa shape index (κ3) is 26.0. The Morgan fingerprint density at radius 1 is 0.492 bits per heavy atom. The standard InChI is InChI=1S/C51H99NO13/c1-3-5-7-9-11-13-14-15-16-17-18-19-20-21-22-23-24-25-26-27-28-30-32-34-40(55)39(52-43(56)35-33-31-29-12-10-8-6-4-2)38-62-50-48(61)46(59)49(42(37-54)64-50)65-51-47(60)45(58)44(57)41(36-53)63-51/h39-42,44-51,53-55,57-61H,3-38H2,1-2H3,(H,52,56). The van der Waals surface area contributed by atoms with Crippen molar-refractivity contribution in [2.24, 2.45) is 0 Å². The van der Waals surface area contributed by atoms with Gasteiger partial charge in [0.25, 0.3) is 0 Å². The van der Waals surface area contributed by atoms with Crippen LogP contribution in [0.1, 0.15) is 226 Å². The Kier molecular flexibility index (Phi) is 35.9. The van der Waals surface area contributed by atoms with E-state index in [1.165, 1.54) is 148 Å². The number of hydrogen-bond acceptors (Lipinski definition) is 13. The van der Waals surface area contributed by atoms with E-state index in [1.54, 1.807) is 0 Å².